The fraction of sp³-hybridized carbons (Fsp3) is 0.444. The van der Waals surface area contributed by atoms with Crippen molar-refractivity contribution in [3.05, 3.63) is 54.2 Å². The van der Waals surface area contributed by atoms with Crippen molar-refractivity contribution in [1.82, 2.24) is 14.8 Å². The Hall–Kier alpha value is -2.14. The van der Waals surface area contributed by atoms with Crippen LogP contribution >= 0.6 is 0 Å². The Kier molecular flexibility index (Phi) is 4.76. The van der Waals surface area contributed by atoms with E-state index in [9.17, 15) is 4.79 Å². The van der Waals surface area contributed by atoms with E-state index in [1.807, 2.05) is 17.3 Å². The zero-order valence-corrected chi connectivity index (χ0v) is 13.7. The van der Waals surface area contributed by atoms with E-state index in [-0.39, 0.29) is 5.91 Å². The van der Waals surface area contributed by atoms with E-state index >= 15 is 0 Å². The smallest absolute Gasteiger partial charge is 0.289 e. The van der Waals surface area contributed by atoms with Gasteiger partial charge in [-0.3, -0.25) is 14.7 Å². The first-order valence-corrected chi connectivity index (χ1v) is 8.09. The minimum Gasteiger partial charge on any atom is -0.459 e. The number of hydrogen-bond acceptors (Lipinski definition) is 4. The Morgan fingerprint density at radius 2 is 2.09 bits per heavy atom. The lowest BCUT2D eigenvalue weighted by Crippen LogP contribution is -2.61. The number of aromatic nitrogens is 1. The molecule has 0 N–H and O–H groups in total. The van der Waals surface area contributed by atoms with Crippen LogP contribution in [-0.2, 0) is 6.54 Å². The topological polar surface area (TPSA) is 49.6 Å². The summed E-state index contributed by atoms with van der Waals surface area (Å²) in [6, 6.07) is 7.98. The highest BCUT2D eigenvalue weighted by Crippen LogP contribution is 2.21. The first-order chi connectivity index (χ1) is 11.1. The summed E-state index contributed by atoms with van der Waals surface area (Å²) in [7, 11) is 0. The first kappa shape index (κ1) is 15.7. The molecular weight excluding hydrogens is 290 g/mol. The molecule has 0 atom stereocenters. The molecule has 1 aliphatic heterocycles. The SMILES string of the molecule is CC(C)CN(Cc1ccncc1)C1CN(C(=O)c2ccco2)C1. The average molecular weight is 313 g/mol. The lowest BCUT2D eigenvalue weighted by atomic mass is 10.0. The Balaban J connectivity index is 1.60. The van der Waals surface area contributed by atoms with Crippen molar-refractivity contribution in [2.24, 2.45) is 5.92 Å². The van der Waals surface area contributed by atoms with Gasteiger partial charge in [0.25, 0.3) is 5.91 Å². The zero-order valence-electron chi connectivity index (χ0n) is 13.7. The van der Waals surface area contributed by atoms with E-state index in [4.69, 9.17) is 4.42 Å². The summed E-state index contributed by atoms with van der Waals surface area (Å²) in [6.07, 6.45) is 5.20. The van der Waals surface area contributed by atoms with Gasteiger partial charge in [-0.1, -0.05) is 13.8 Å². The molecule has 3 rings (SSSR count). The molecule has 1 fully saturated rings. The summed E-state index contributed by atoms with van der Waals surface area (Å²) in [6.45, 7) is 7.90. The third kappa shape index (κ3) is 3.79. The monoisotopic (exact) mass is 313 g/mol. The number of likely N-dealkylation sites (tertiary alicyclic amines) is 1. The van der Waals surface area contributed by atoms with Crippen LogP contribution in [0.3, 0.4) is 0 Å². The maximum absolute atomic E-state index is 12.2. The van der Waals surface area contributed by atoms with E-state index in [1.54, 1.807) is 18.4 Å². The predicted octanol–water partition coefficient (Wildman–Crippen LogP) is 2.66. The normalized spacial score (nSPS) is 15.2. The summed E-state index contributed by atoms with van der Waals surface area (Å²) < 4.78 is 5.20. The van der Waals surface area contributed by atoms with Gasteiger partial charge in [0.05, 0.1) is 6.26 Å². The fourth-order valence-electron chi connectivity index (χ4n) is 2.94. The lowest BCUT2D eigenvalue weighted by molar-refractivity contribution is 0.0176. The number of carbonyl (C=O) groups excluding carboxylic acids is 1. The van der Waals surface area contributed by atoms with Crippen molar-refractivity contribution in [3.63, 3.8) is 0 Å². The molecule has 5 nitrogen and oxygen atoms in total. The molecule has 1 aliphatic rings. The van der Waals surface area contributed by atoms with Gasteiger partial charge in [-0.2, -0.15) is 0 Å². The molecule has 2 aromatic heterocycles. The van der Waals surface area contributed by atoms with Crippen molar-refractivity contribution in [1.29, 1.82) is 0 Å². The number of amides is 1. The molecule has 0 saturated carbocycles. The maximum Gasteiger partial charge on any atom is 0.289 e. The molecule has 0 spiro atoms. The van der Waals surface area contributed by atoms with Crippen LogP contribution in [-0.4, -0.2) is 46.4 Å². The Bertz CT molecular complexity index is 619. The minimum atomic E-state index is -0.0142. The largest absolute Gasteiger partial charge is 0.459 e. The minimum absolute atomic E-state index is 0.0142. The van der Waals surface area contributed by atoms with E-state index in [1.165, 1.54) is 5.56 Å². The number of hydrogen-bond donors (Lipinski definition) is 0. The lowest BCUT2D eigenvalue weighted by Gasteiger charge is -2.45. The van der Waals surface area contributed by atoms with Gasteiger partial charge in [0.15, 0.2) is 5.76 Å². The third-order valence-electron chi connectivity index (χ3n) is 4.13. The molecule has 0 aromatic carbocycles. The summed E-state index contributed by atoms with van der Waals surface area (Å²) in [5.41, 5.74) is 1.26. The molecule has 0 bridgehead atoms. The van der Waals surface area contributed by atoms with Crippen molar-refractivity contribution in [3.8, 4) is 0 Å². The Labute approximate surface area is 136 Å². The van der Waals surface area contributed by atoms with E-state index in [0.717, 1.165) is 26.2 Å². The standard InChI is InChI=1S/C18H23N3O2/c1-14(2)10-20(11-15-5-7-19-8-6-15)16-12-21(13-16)18(22)17-4-3-9-23-17/h3-9,14,16H,10-13H2,1-2H3. The number of nitrogens with zero attached hydrogens (tertiary/aromatic N) is 3. The van der Waals surface area contributed by atoms with Crippen LogP contribution in [0.2, 0.25) is 0 Å². The van der Waals surface area contributed by atoms with Crippen molar-refractivity contribution < 1.29 is 9.21 Å². The summed E-state index contributed by atoms with van der Waals surface area (Å²) in [5, 5.41) is 0. The van der Waals surface area contributed by atoms with Crippen LogP contribution in [0.25, 0.3) is 0 Å². The molecule has 1 saturated heterocycles. The van der Waals surface area contributed by atoms with Crippen LogP contribution in [0.1, 0.15) is 30.0 Å². The van der Waals surface area contributed by atoms with Crippen LogP contribution in [0, 0.1) is 5.92 Å². The molecule has 0 radical (unpaired) electrons. The summed E-state index contributed by atoms with van der Waals surface area (Å²) >= 11 is 0. The molecule has 0 aliphatic carbocycles. The van der Waals surface area contributed by atoms with Gasteiger partial charge in [-0.05, 0) is 35.7 Å². The van der Waals surface area contributed by atoms with Crippen molar-refractivity contribution >= 4 is 5.91 Å². The van der Waals surface area contributed by atoms with Crippen LogP contribution < -0.4 is 0 Å². The van der Waals surface area contributed by atoms with E-state index in [0.29, 0.717) is 17.7 Å². The highest BCUT2D eigenvalue weighted by atomic mass is 16.3. The molecule has 0 unspecified atom stereocenters. The van der Waals surface area contributed by atoms with E-state index < -0.39 is 0 Å². The number of furan rings is 1. The second kappa shape index (κ2) is 6.96. The third-order valence-corrected chi connectivity index (χ3v) is 4.13. The predicted molar refractivity (Wildman–Crippen MR) is 87.9 cm³/mol. The first-order valence-electron chi connectivity index (χ1n) is 8.09. The summed E-state index contributed by atoms with van der Waals surface area (Å²) in [4.78, 5) is 20.6. The molecule has 5 heteroatoms. The maximum atomic E-state index is 12.2. The van der Waals surface area contributed by atoms with Crippen LogP contribution in [0.15, 0.2) is 47.3 Å². The van der Waals surface area contributed by atoms with Gasteiger partial charge in [-0.15, -0.1) is 0 Å². The number of carbonyl (C=O) groups is 1. The van der Waals surface area contributed by atoms with Crippen LogP contribution in [0.4, 0.5) is 0 Å². The quantitative estimate of drug-likeness (QED) is 0.822. The van der Waals surface area contributed by atoms with Crippen molar-refractivity contribution in [2.45, 2.75) is 26.4 Å². The Morgan fingerprint density at radius 3 is 2.70 bits per heavy atom. The molecule has 23 heavy (non-hydrogen) atoms. The highest BCUT2D eigenvalue weighted by Gasteiger charge is 2.36. The van der Waals surface area contributed by atoms with Crippen LogP contribution in [0.5, 0.6) is 0 Å². The second-order valence-corrected chi connectivity index (χ2v) is 6.52. The van der Waals surface area contributed by atoms with Crippen molar-refractivity contribution in [2.75, 3.05) is 19.6 Å². The Morgan fingerprint density at radius 1 is 1.35 bits per heavy atom. The van der Waals surface area contributed by atoms with Gasteiger partial charge in [0.2, 0.25) is 0 Å². The summed E-state index contributed by atoms with van der Waals surface area (Å²) in [5.74, 6) is 0.999. The van der Waals surface area contributed by atoms with Gasteiger partial charge in [-0.25, -0.2) is 0 Å². The van der Waals surface area contributed by atoms with Gasteiger partial charge < -0.3 is 9.32 Å². The molecular formula is C18H23N3O2. The molecule has 1 amide bonds. The van der Waals surface area contributed by atoms with E-state index in [2.05, 4.69) is 35.9 Å². The van der Waals surface area contributed by atoms with Gasteiger partial charge in [0, 0.05) is 44.6 Å². The zero-order chi connectivity index (χ0) is 16.2. The second-order valence-electron chi connectivity index (χ2n) is 6.52. The molecule has 2 aromatic rings. The number of pyridine rings is 1. The van der Waals surface area contributed by atoms with Gasteiger partial charge in [0.1, 0.15) is 0 Å². The number of rotatable bonds is 6. The molecule has 122 valence electrons. The highest BCUT2D eigenvalue weighted by molar-refractivity contribution is 5.92. The fourth-order valence-corrected chi connectivity index (χ4v) is 2.94. The average Bonchev–Trinajstić information content (AvgIpc) is 3.00. The van der Waals surface area contributed by atoms with Gasteiger partial charge >= 0.3 is 0 Å². The molecule has 3 heterocycles.